The van der Waals surface area contributed by atoms with Gasteiger partial charge in [0.25, 0.3) is 0 Å². The van der Waals surface area contributed by atoms with Crippen LogP contribution in [0.3, 0.4) is 0 Å². The monoisotopic (exact) mass is 405 g/mol. The Morgan fingerprint density at radius 1 is 1.15 bits per heavy atom. The standard InChI is InChI=1S/C19H23N3O3S2/c1-14-6-5-7-15(12-14)20-17(23)13-26-18-10-11-19(22-21-18)27(24,25)16-8-3-2-4-9-16/h5-7,10-12,16H,2-4,8-9,13H2,1H3,(H,20,23). The second kappa shape index (κ2) is 8.84. The van der Waals surface area contributed by atoms with Crippen LogP contribution >= 0.6 is 11.8 Å². The maximum absolute atomic E-state index is 12.6. The minimum absolute atomic E-state index is 0.0305. The molecule has 0 bridgehead atoms. The Bertz CT molecular complexity index is 893. The van der Waals surface area contributed by atoms with Gasteiger partial charge in [-0.05, 0) is 49.6 Å². The Balaban J connectivity index is 1.56. The largest absolute Gasteiger partial charge is 0.325 e. The van der Waals surface area contributed by atoms with Crippen molar-refractivity contribution in [1.82, 2.24) is 10.2 Å². The van der Waals surface area contributed by atoms with E-state index in [4.69, 9.17) is 0 Å². The first-order valence-corrected chi connectivity index (χ1v) is 11.6. The molecule has 144 valence electrons. The summed E-state index contributed by atoms with van der Waals surface area (Å²) >= 11 is 1.23. The number of thioether (sulfide) groups is 1. The zero-order valence-electron chi connectivity index (χ0n) is 15.2. The van der Waals surface area contributed by atoms with Gasteiger partial charge in [-0.15, -0.1) is 10.2 Å². The third kappa shape index (κ3) is 5.29. The lowest BCUT2D eigenvalue weighted by atomic mass is 10.0. The van der Waals surface area contributed by atoms with Crippen molar-refractivity contribution < 1.29 is 13.2 Å². The molecule has 1 N–H and O–H groups in total. The van der Waals surface area contributed by atoms with Crippen LogP contribution in [0, 0.1) is 6.92 Å². The molecule has 0 unspecified atom stereocenters. The van der Waals surface area contributed by atoms with Gasteiger partial charge in [-0.25, -0.2) is 8.42 Å². The fourth-order valence-electron chi connectivity index (χ4n) is 3.14. The van der Waals surface area contributed by atoms with Gasteiger partial charge in [-0.3, -0.25) is 4.79 Å². The number of hydrogen-bond acceptors (Lipinski definition) is 6. The number of hydrogen-bond donors (Lipinski definition) is 1. The molecule has 1 aliphatic rings. The first kappa shape index (κ1) is 19.8. The lowest BCUT2D eigenvalue weighted by Crippen LogP contribution is -2.25. The van der Waals surface area contributed by atoms with Crippen molar-refractivity contribution in [2.24, 2.45) is 0 Å². The Labute approximate surface area is 164 Å². The van der Waals surface area contributed by atoms with Crippen LogP contribution in [0.1, 0.15) is 37.7 Å². The van der Waals surface area contributed by atoms with E-state index in [1.807, 2.05) is 31.2 Å². The predicted molar refractivity (Wildman–Crippen MR) is 107 cm³/mol. The number of carbonyl (C=O) groups excluding carboxylic acids is 1. The van der Waals surface area contributed by atoms with E-state index in [0.29, 0.717) is 17.9 Å². The summed E-state index contributed by atoms with van der Waals surface area (Å²) in [6.45, 7) is 1.96. The molecule has 0 spiro atoms. The fraction of sp³-hybridized carbons (Fsp3) is 0.421. The van der Waals surface area contributed by atoms with Crippen molar-refractivity contribution >= 4 is 33.2 Å². The lowest BCUT2D eigenvalue weighted by Gasteiger charge is -2.20. The Morgan fingerprint density at radius 2 is 1.93 bits per heavy atom. The summed E-state index contributed by atoms with van der Waals surface area (Å²) in [5, 5.41) is 10.9. The molecule has 1 fully saturated rings. The number of aryl methyl sites for hydroxylation is 1. The molecule has 8 heteroatoms. The van der Waals surface area contributed by atoms with Crippen LogP contribution in [0.5, 0.6) is 0 Å². The zero-order chi connectivity index (χ0) is 19.3. The minimum Gasteiger partial charge on any atom is -0.325 e. The van der Waals surface area contributed by atoms with Crippen LogP contribution in [0.15, 0.2) is 46.5 Å². The molecule has 1 aromatic carbocycles. The Hall–Kier alpha value is -1.93. The molecule has 0 aliphatic heterocycles. The van der Waals surface area contributed by atoms with Crippen LogP contribution in [0.25, 0.3) is 0 Å². The van der Waals surface area contributed by atoms with Gasteiger partial charge in [0, 0.05) is 5.69 Å². The van der Waals surface area contributed by atoms with Crippen molar-refractivity contribution in [2.45, 2.75) is 54.3 Å². The molecule has 1 saturated carbocycles. The maximum Gasteiger partial charge on any atom is 0.234 e. The maximum atomic E-state index is 12.6. The summed E-state index contributed by atoms with van der Waals surface area (Å²) in [6, 6.07) is 10.7. The van der Waals surface area contributed by atoms with E-state index in [1.165, 1.54) is 17.8 Å². The van der Waals surface area contributed by atoms with Gasteiger partial charge in [0.15, 0.2) is 14.9 Å². The topological polar surface area (TPSA) is 89.0 Å². The number of benzene rings is 1. The van der Waals surface area contributed by atoms with Gasteiger partial charge >= 0.3 is 0 Å². The number of rotatable bonds is 6. The molecular formula is C19H23N3O3S2. The highest BCUT2D eigenvalue weighted by Gasteiger charge is 2.30. The average molecular weight is 406 g/mol. The van der Waals surface area contributed by atoms with E-state index < -0.39 is 9.84 Å². The van der Waals surface area contributed by atoms with Crippen molar-refractivity contribution in [3.8, 4) is 0 Å². The van der Waals surface area contributed by atoms with Crippen molar-refractivity contribution in [1.29, 1.82) is 0 Å². The Kier molecular flexibility index (Phi) is 6.49. The molecule has 1 aliphatic carbocycles. The van der Waals surface area contributed by atoms with E-state index in [0.717, 1.165) is 30.5 Å². The molecule has 0 atom stereocenters. The van der Waals surface area contributed by atoms with Gasteiger partial charge in [0.1, 0.15) is 5.03 Å². The fourth-order valence-corrected chi connectivity index (χ4v) is 5.46. The summed E-state index contributed by atoms with van der Waals surface area (Å²) in [5.41, 5.74) is 1.82. The van der Waals surface area contributed by atoms with Crippen LogP contribution in [0.2, 0.25) is 0 Å². The molecule has 27 heavy (non-hydrogen) atoms. The molecule has 6 nitrogen and oxygen atoms in total. The summed E-state index contributed by atoms with van der Waals surface area (Å²) in [4.78, 5) is 12.1. The van der Waals surface area contributed by atoms with E-state index in [1.54, 1.807) is 6.07 Å². The highest BCUT2D eigenvalue weighted by molar-refractivity contribution is 7.99. The summed E-state index contributed by atoms with van der Waals surface area (Å²) in [5.74, 6) is 0.0310. The molecule has 2 aromatic rings. The van der Waals surface area contributed by atoms with Crippen LogP contribution in [-0.2, 0) is 14.6 Å². The van der Waals surface area contributed by atoms with Crippen LogP contribution in [0.4, 0.5) is 5.69 Å². The molecule has 1 aromatic heterocycles. The third-order valence-electron chi connectivity index (χ3n) is 4.55. The SMILES string of the molecule is Cc1cccc(NC(=O)CSc2ccc(S(=O)(=O)C3CCCCC3)nn2)c1. The highest BCUT2D eigenvalue weighted by Crippen LogP contribution is 2.28. The van der Waals surface area contributed by atoms with Gasteiger partial charge in [0.05, 0.1) is 11.0 Å². The van der Waals surface area contributed by atoms with E-state index in [9.17, 15) is 13.2 Å². The smallest absolute Gasteiger partial charge is 0.234 e. The number of sulfone groups is 1. The molecule has 1 heterocycles. The molecule has 3 rings (SSSR count). The number of aromatic nitrogens is 2. The highest BCUT2D eigenvalue weighted by atomic mass is 32.2. The van der Waals surface area contributed by atoms with Crippen molar-refractivity contribution in [2.75, 3.05) is 11.1 Å². The number of nitrogens with zero attached hydrogens (tertiary/aromatic N) is 2. The van der Waals surface area contributed by atoms with Crippen molar-refractivity contribution in [3.05, 3.63) is 42.0 Å². The summed E-state index contributed by atoms with van der Waals surface area (Å²) in [6.07, 6.45) is 4.37. The third-order valence-corrected chi connectivity index (χ3v) is 7.62. The first-order valence-electron chi connectivity index (χ1n) is 9.02. The molecule has 0 radical (unpaired) electrons. The van der Waals surface area contributed by atoms with Gasteiger partial charge < -0.3 is 5.32 Å². The normalized spacial score (nSPS) is 15.4. The Morgan fingerprint density at radius 3 is 2.59 bits per heavy atom. The first-order chi connectivity index (χ1) is 12.9. The number of anilines is 1. The zero-order valence-corrected chi connectivity index (χ0v) is 16.9. The number of nitrogens with one attached hydrogen (secondary N) is 1. The number of amides is 1. The van der Waals surface area contributed by atoms with E-state index >= 15 is 0 Å². The predicted octanol–water partition coefficient (Wildman–Crippen LogP) is 3.62. The van der Waals surface area contributed by atoms with E-state index in [-0.39, 0.29) is 21.9 Å². The second-order valence-electron chi connectivity index (χ2n) is 6.72. The molecule has 0 saturated heterocycles. The minimum atomic E-state index is -3.42. The van der Waals surface area contributed by atoms with Crippen LogP contribution < -0.4 is 5.32 Å². The summed E-state index contributed by atoms with van der Waals surface area (Å²) in [7, 11) is -3.42. The van der Waals surface area contributed by atoms with Gasteiger partial charge in [0.2, 0.25) is 5.91 Å². The van der Waals surface area contributed by atoms with Crippen molar-refractivity contribution in [3.63, 3.8) is 0 Å². The van der Waals surface area contributed by atoms with E-state index in [2.05, 4.69) is 15.5 Å². The average Bonchev–Trinajstić information content (AvgIpc) is 2.67. The quantitative estimate of drug-likeness (QED) is 0.739. The van der Waals surface area contributed by atoms with Gasteiger partial charge in [-0.2, -0.15) is 0 Å². The summed E-state index contributed by atoms with van der Waals surface area (Å²) < 4.78 is 25.2. The van der Waals surface area contributed by atoms with Gasteiger partial charge in [-0.1, -0.05) is 43.2 Å². The molecular weight excluding hydrogens is 382 g/mol. The number of carbonyl (C=O) groups is 1. The van der Waals surface area contributed by atoms with Crippen LogP contribution in [-0.4, -0.2) is 35.5 Å². The lowest BCUT2D eigenvalue weighted by molar-refractivity contribution is -0.113. The molecule has 1 amide bonds. The second-order valence-corrected chi connectivity index (χ2v) is 9.89.